The first-order chi connectivity index (χ1) is 17.2. The van der Waals surface area contributed by atoms with Gasteiger partial charge in [-0.05, 0) is 48.7 Å². The molecule has 2 amide bonds. The highest BCUT2D eigenvalue weighted by atomic mass is 19.4. The van der Waals surface area contributed by atoms with E-state index in [9.17, 15) is 22.8 Å². The highest BCUT2D eigenvalue weighted by molar-refractivity contribution is 5.93. The Bertz CT molecular complexity index is 1230. The highest BCUT2D eigenvalue weighted by Crippen LogP contribution is 2.40. The highest BCUT2D eigenvalue weighted by Gasteiger charge is 2.51. The third-order valence-electron chi connectivity index (χ3n) is 5.37. The van der Waals surface area contributed by atoms with E-state index in [1.165, 1.54) is 50.1 Å². The van der Waals surface area contributed by atoms with Crippen LogP contribution in [0.15, 0.2) is 61.2 Å². The van der Waals surface area contributed by atoms with Crippen molar-refractivity contribution in [3.8, 4) is 23.0 Å². The molecule has 1 aliphatic rings. The van der Waals surface area contributed by atoms with E-state index in [4.69, 9.17) is 14.2 Å². The predicted molar refractivity (Wildman–Crippen MR) is 120 cm³/mol. The molecule has 4 rings (SSSR count). The number of nitrogens with one attached hydrogen (secondary N) is 2. The van der Waals surface area contributed by atoms with E-state index in [2.05, 4.69) is 20.6 Å². The van der Waals surface area contributed by atoms with E-state index in [0.717, 1.165) is 6.07 Å². The number of alkyl halides is 3. The third kappa shape index (κ3) is 6.01. The van der Waals surface area contributed by atoms with Crippen molar-refractivity contribution in [3.05, 3.63) is 72.3 Å². The van der Waals surface area contributed by atoms with Crippen LogP contribution in [0.4, 0.5) is 18.0 Å². The number of amides is 2. The van der Waals surface area contributed by atoms with Crippen molar-refractivity contribution in [3.63, 3.8) is 0 Å². The Morgan fingerprint density at radius 3 is 2.28 bits per heavy atom. The summed E-state index contributed by atoms with van der Waals surface area (Å²) in [5, 5.41) is 5.31. The first kappa shape index (κ1) is 24.8. The van der Waals surface area contributed by atoms with E-state index >= 15 is 0 Å². The Morgan fingerprint density at radius 2 is 1.67 bits per heavy atom. The minimum atomic E-state index is -4.62. The van der Waals surface area contributed by atoms with E-state index in [-0.39, 0.29) is 35.4 Å². The molecule has 0 aliphatic heterocycles. The molecule has 1 heterocycles. The number of carbonyl (C=O) groups excluding carboxylic acids is 2. The summed E-state index contributed by atoms with van der Waals surface area (Å²) in [6, 6.07) is 9.65. The van der Waals surface area contributed by atoms with E-state index < -0.39 is 23.4 Å². The summed E-state index contributed by atoms with van der Waals surface area (Å²) in [6.45, 7) is 0.139. The Hall–Kier alpha value is -4.35. The van der Waals surface area contributed by atoms with Gasteiger partial charge in [-0.2, -0.15) is 13.2 Å². The van der Waals surface area contributed by atoms with Crippen LogP contribution in [0.3, 0.4) is 0 Å². The normalized spacial score (nSPS) is 13.9. The predicted octanol–water partition coefficient (Wildman–Crippen LogP) is 4.23. The van der Waals surface area contributed by atoms with Crippen LogP contribution in [0.1, 0.15) is 24.0 Å². The van der Waals surface area contributed by atoms with Gasteiger partial charge in [0.1, 0.15) is 34.7 Å². The average Bonchev–Trinajstić information content (AvgIpc) is 3.64. The maximum Gasteiger partial charge on any atom is 0.420 e. The van der Waals surface area contributed by atoms with E-state index in [1.54, 1.807) is 12.1 Å². The smallest absolute Gasteiger partial charge is 0.420 e. The number of hydrogen-bond acceptors (Lipinski definition) is 7. The Balaban J connectivity index is 1.32. The number of hydrogen-bond donors (Lipinski definition) is 2. The van der Waals surface area contributed by atoms with Crippen LogP contribution in [0.25, 0.3) is 0 Å². The summed E-state index contributed by atoms with van der Waals surface area (Å²) in [6.07, 6.45) is -0.586. The first-order valence-corrected chi connectivity index (χ1v) is 10.7. The van der Waals surface area contributed by atoms with Gasteiger partial charge in [-0.25, -0.2) is 14.8 Å². The lowest BCUT2D eigenvalue weighted by atomic mass is 10.1. The van der Waals surface area contributed by atoms with Crippen LogP contribution in [-0.2, 0) is 17.5 Å². The molecule has 1 aromatic heterocycles. The molecule has 1 aliphatic carbocycles. The van der Waals surface area contributed by atoms with Crippen LogP contribution in [-0.4, -0.2) is 34.6 Å². The number of methoxy groups -OCH3 is 1. The van der Waals surface area contributed by atoms with Crippen molar-refractivity contribution in [2.75, 3.05) is 7.11 Å². The summed E-state index contributed by atoms with van der Waals surface area (Å²) >= 11 is 0. The molecule has 0 atom stereocenters. The summed E-state index contributed by atoms with van der Waals surface area (Å²) < 4.78 is 55.5. The molecule has 0 spiro atoms. The summed E-state index contributed by atoms with van der Waals surface area (Å²) in [7, 11) is 1.28. The lowest BCUT2D eigenvalue weighted by molar-refractivity contribution is -0.138. The minimum absolute atomic E-state index is 0.0611. The minimum Gasteiger partial charge on any atom is -0.497 e. The number of benzene rings is 2. The summed E-state index contributed by atoms with van der Waals surface area (Å²) in [5.74, 6) is -0.345. The van der Waals surface area contributed by atoms with Crippen molar-refractivity contribution < 1.29 is 37.0 Å². The molecule has 0 saturated heterocycles. The maximum atomic E-state index is 13.4. The second-order valence-corrected chi connectivity index (χ2v) is 7.96. The second-order valence-electron chi connectivity index (χ2n) is 7.96. The largest absolute Gasteiger partial charge is 0.497 e. The van der Waals surface area contributed by atoms with Gasteiger partial charge in [-0.3, -0.25) is 4.79 Å². The molecule has 36 heavy (non-hydrogen) atoms. The number of rotatable bonds is 8. The fraction of sp³-hybridized carbons (Fsp3) is 0.250. The van der Waals surface area contributed by atoms with Crippen molar-refractivity contribution in [1.29, 1.82) is 0 Å². The van der Waals surface area contributed by atoms with Gasteiger partial charge >= 0.3 is 12.3 Å². The summed E-state index contributed by atoms with van der Waals surface area (Å²) in [4.78, 5) is 32.2. The number of halogens is 3. The van der Waals surface area contributed by atoms with Crippen molar-refractivity contribution in [1.82, 2.24) is 20.6 Å². The topological polar surface area (TPSA) is 112 Å². The van der Waals surface area contributed by atoms with Gasteiger partial charge < -0.3 is 24.8 Å². The number of ether oxygens (including phenoxy) is 3. The lowest BCUT2D eigenvalue weighted by Crippen LogP contribution is -2.49. The lowest BCUT2D eigenvalue weighted by Gasteiger charge is -2.17. The molecule has 3 aromatic rings. The summed E-state index contributed by atoms with van der Waals surface area (Å²) in [5.41, 5.74) is -1.34. The van der Waals surface area contributed by atoms with Gasteiger partial charge in [0, 0.05) is 6.54 Å². The molecule has 0 unspecified atom stereocenters. The van der Waals surface area contributed by atoms with E-state index in [1.807, 2.05) is 0 Å². The molecule has 0 bridgehead atoms. The van der Waals surface area contributed by atoms with Crippen LogP contribution in [0.2, 0.25) is 0 Å². The van der Waals surface area contributed by atoms with Crippen molar-refractivity contribution >= 4 is 12.0 Å². The molecule has 9 nitrogen and oxygen atoms in total. The number of nitrogens with zero attached hydrogens (tertiary/aromatic N) is 2. The molecule has 12 heteroatoms. The zero-order valence-electron chi connectivity index (χ0n) is 19.0. The molecule has 2 N–H and O–H groups in total. The molecule has 1 saturated carbocycles. The second kappa shape index (κ2) is 10.1. The van der Waals surface area contributed by atoms with Crippen molar-refractivity contribution in [2.24, 2.45) is 0 Å². The Labute approximate surface area is 203 Å². The molecule has 188 valence electrons. The van der Waals surface area contributed by atoms with Crippen LogP contribution < -0.4 is 24.8 Å². The zero-order chi connectivity index (χ0) is 25.8. The van der Waals surface area contributed by atoms with Crippen LogP contribution in [0.5, 0.6) is 23.0 Å². The average molecular weight is 502 g/mol. The van der Waals surface area contributed by atoms with Crippen LogP contribution in [0, 0.1) is 0 Å². The van der Waals surface area contributed by atoms with Gasteiger partial charge in [0.05, 0.1) is 19.5 Å². The number of carbonyl (C=O) groups is 2. The van der Waals surface area contributed by atoms with Gasteiger partial charge in [0.15, 0.2) is 5.75 Å². The van der Waals surface area contributed by atoms with Gasteiger partial charge in [-0.15, -0.1) is 0 Å². The van der Waals surface area contributed by atoms with Gasteiger partial charge in [0.25, 0.3) is 0 Å². The molecule has 2 aromatic carbocycles. The molecule has 1 fully saturated rings. The SMILES string of the molecule is COc1ccc(Oc2ccc(CNC(=O)C3(NC(=O)Oc4cncnc4)CC3)cc2)c(C(F)(F)F)c1. The quantitative estimate of drug-likeness (QED) is 0.474. The van der Waals surface area contributed by atoms with Gasteiger partial charge in [-0.1, -0.05) is 12.1 Å². The van der Waals surface area contributed by atoms with Gasteiger partial charge in [0.2, 0.25) is 5.91 Å². The van der Waals surface area contributed by atoms with Crippen molar-refractivity contribution in [2.45, 2.75) is 31.1 Å². The zero-order valence-corrected chi connectivity index (χ0v) is 19.0. The molecule has 0 radical (unpaired) electrons. The monoisotopic (exact) mass is 502 g/mol. The fourth-order valence-corrected chi connectivity index (χ4v) is 3.30. The Morgan fingerprint density at radius 1 is 1.00 bits per heavy atom. The van der Waals surface area contributed by atoms with E-state index in [0.29, 0.717) is 18.4 Å². The third-order valence-corrected chi connectivity index (χ3v) is 5.37. The number of aromatic nitrogens is 2. The maximum absolute atomic E-state index is 13.4. The Kier molecular flexibility index (Phi) is 6.95. The molecular formula is C24H21F3N4O5. The first-order valence-electron chi connectivity index (χ1n) is 10.7. The van der Waals surface area contributed by atoms with Crippen LogP contribution >= 0.6 is 0 Å². The molecular weight excluding hydrogens is 481 g/mol. The fourth-order valence-electron chi connectivity index (χ4n) is 3.30. The standard InChI is InChI=1S/C24H21F3N4O5/c1-34-17-6-7-20(19(10-17)24(25,26)27)35-16-4-2-15(3-5-16)11-30-21(32)23(8-9-23)31-22(33)36-18-12-28-14-29-13-18/h2-7,10,12-14H,8-9,11H2,1H3,(H,30,32)(H,31,33).